The van der Waals surface area contributed by atoms with Gasteiger partial charge in [-0.15, -0.1) is 0 Å². The predicted molar refractivity (Wildman–Crippen MR) is 68.8 cm³/mol. The van der Waals surface area contributed by atoms with Crippen molar-refractivity contribution in [3.8, 4) is 11.5 Å². The number of hydrogen-bond acceptors (Lipinski definition) is 3. The van der Waals surface area contributed by atoms with Crippen molar-refractivity contribution >= 4 is 0 Å². The standard InChI is InChI=1S/C13H12F6N4O/c1-6-5-22-8(12(14,15)16)4-20-9(22)7-3-21-10(23(6)7)11(2,24)13(17,18)19/h3-4,6,24H,5H2,1-2H3/t6-,11+/m0/s1. The van der Waals surface area contributed by atoms with Gasteiger partial charge in [-0.2, -0.15) is 26.3 Å². The Morgan fingerprint density at radius 2 is 1.75 bits per heavy atom. The van der Waals surface area contributed by atoms with Crippen LogP contribution in [-0.2, 0) is 18.3 Å². The van der Waals surface area contributed by atoms with Crippen LogP contribution in [0.2, 0.25) is 0 Å². The number of nitrogens with zero attached hydrogens (tertiary/aromatic N) is 4. The van der Waals surface area contributed by atoms with Crippen molar-refractivity contribution < 1.29 is 31.4 Å². The van der Waals surface area contributed by atoms with Gasteiger partial charge >= 0.3 is 12.4 Å². The van der Waals surface area contributed by atoms with Gasteiger partial charge < -0.3 is 14.2 Å². The number of fused-ring (bicyclic) bond motifs is 3. The first-order valence-corrected chi connectivity index (χ1v) is 6.85. The van der Waals surface area contributed by atoms with Crippen molar-refractivity contribution in [3.05, 3.63) is 23.9 Å². The fraction of sp³-hybridized carbons (Fsp3) is 0.538. The summed E-state index contributed by atoms with van der Waals surface area (Å²) in [5, 5.41) is 9.85. The van der Waals surface area contributed by atoms with E-state index >= 15 is 0 Å². The lowest BCUT2D eigenvalue weighted by Crippen LogP contribution is -2.42. The van der Waals surface area contributed by atoms with E-state index in [9.17, 15) is 31.4 Å². The van der Waals surface area contributed by atoms with Crippen LogP contribution in [0.5, 0.6) is 0 Å². The molecule has 5 nitrogen and oxygen atoms in total. The molecular weight excluding hydrogens is 342 g/mol. The van der Waals surface area contributed by atoms with Crippen LogP contribution in [0.4, 0.5) is 26.3 Å². The number of rotatable bonds is 1. The molecule has 24 heavy (non-hydrogen) atoms. The topological polar surface area (TPSA) is 55.9 Å². The van der Waals surface area contributed by atoms with Crippen molar-refractivity contribution in [1.82, 2.24) is 19.1 Å². The van der Waals surface area contributed by atoms with Crippen LogP contribution < -0.4 is 0 Å². The largest absolute Gasteiger partial charge is 0.433 e. The highest BCUT2D eigenvalue weighted by molar-refractivity contribution is 5.53. The molecule has 2 aromatic heterocycles. The second-order valence-electron chi connectivity index (χ2n) is 5.83. The lowest BCUT2D eigenvalue weighted by Gasteiger charge is -2.32. The molecule has 0 fully saturated rings. The van der Waals surface area contributed by atoms with Gasteiger partial charge in [-0.25, -0.2) is 9.97 Å². The van der Waals surface area contributed by atoms with Crippen molar-refractivity contribution in [2.75, 3.05) is 0 Å². The van der Waals surface area contributed by atoms with Gasteiger partial charge in [-0.1, -0.05) is 0 Å². The van der Waals surface area contributed by atoms with Gasteiger partial charge in [0.25, 0.3) is 0 Å². The summed E-state index contributed by atoms with van der Waals surface area (Å²) < 4.78 is 80.2. The molecule has 0 amide bonds. The maximum absolute atomic E-state index is 13.1. The molecule has 0 saturated carbocycles. The van der Waals surface area contributed by atoms with Gasteiger partial charge in [0.15, 0.2) is 11.6 Å². The number of alkyl halides is 6. The van der Waals surface area contributed by atoms with Crippen LogP contribution in [0.1, 0.15) is 31.4 Å². The molecule has 0 radical (unpaired) electrons. The molecule has 2 atom stereocenters. The van der Waals surface area contributed by atoms with E-state index in [0.717, 1.165) is 15.3 Å². The third kappa shape index (κ3) is 2.21. The van der Waals surface area contributed by atoms with E-state index in [0.29, 0.717) is 13.1 Å². The summed E-state index contributed by atoms with van der Waals surface area (Å²) in [6.45, 7) is 1.76. The summed E-state index contributed by atoms with van der Waals surface area (Å²) >= 11 is 0. The van der Waals surface area contributed by atoms with Gasteiger partial charge in [0.2, 0.25) is 5.60 Å². The lowest BCUT2D eigenvalue weighted by atomic mass is 10.0. The molecule has 0 aliphatic carbocycles. The van der Waals surface area contributed by atoms with Crippen LogP contribution >= 0.6 is 0 Å². The fourth-order valence-corrected chi connectivity index (χ4v) is 2.80. The third-order valence-electron chi connectivity index (χ3n) is 4.05. The molecule has 0 unspecified atom stereocenters. The number of hydrogen-bond donors (Lipinski definition) is 1. The highest BCUT2D eigenvalue weighted by Crippen LogP contribution is 2.43. The first-order chi connectivity index (χ1) is 10.9. The van der Waals surface area contributed by atoms with E-state index in [1.165, 1.54) is 6.92 Å². The average Bonchev–Trinajstić information content (AvgIpc) is 2.99. The quantitative estimate of drug-likeness (QED) is 0.801. The summed E-state index contributed by atoms with van der Waals surface area (Å²) in [7, 11) is 0. The molecule has 0 bridgehead atoms. The van der Waals surface area contributed by atoms with Gasteiger partial charge in [0.1, 0.15) is 11.4 Å². The van der Waals surface area contributed by atoms with Crippen LogP contribution in [0.15, 0.2) is 12.4 Å². The zero-order valence-corrected chi connectivity index (χ0v) is 12.4. The number of halogens is 6. The molecular formula is C13H12F6N4O. The smallest absolute Gasteiger partial charge is 0.374 e. The molecule has 1 aliphatic rings. The Hall–Kier alpha value is -2.04. The Morgan fingerprint density at radius 3 is 2.29 bits per heavy atom. The maximum atomic E-state index is 13.1. The van der Waals surface area contributed by atoms with Crippen molar-refractivity contribution in [2.24, 2.45) is 0 Å². The van der Waals surface area contributed by atoms with Crippen molar-refractivity contribution in [1.29, 1.82) is 0 Å². The van der Waals surface area contributed by atoms with E-state index < -0.39 is 35.5 Å². The zero-order chi connectivity index (χ0) is 18.1. The first kappa shape index (κ1) is 16.8. The van der Waals surface area contributed by atoms with Gasteiger partial charge in [0, 0.05) is 6.54 Å². The molecule has 1 N–H and O–H groups in total. The van der Waals surface area contributed by atoms with E-state index in [2.05, 4.69) is 9.97 Å². The summed E-state index contributed by atoms with van der Waals surface area (Å²) in [5.41, 5.74) is -4.23. The molecule has 0 spiro atoms. The lowest BCUT2D eigenvalue weighted by molar-refractivity contribution is -0.262. The maximum Gasteiger partial charge on any atom is 0.433 e. The number of aromatic nitrogens is 4. The van der Waals surface area contributed by atoms with Crippen LogP contribution in [0.3, 0.4) is 0 Å². The average molecular weight is 354 g/mol. The Balaban J connectivity index is 2.19. The Labute approximate surface area is 131 Å². The normalized spacial score (nSPS) is 20.5. The minimum absolute atomic E-state index is 0.0104. The fourth-order valence-electron chi connectivity index (χ4n) is 2.80. The molecule has 0 aromatic carbocycles. The molecule has 2 aromatic rings. The molecule has 0 saturated heterocycles. The highest BCUT2D eigenvalue weighted by atomic mass is 19.4. The molecule has 132 valence electrons. The second kappa shape index (κ2) is 4.74. The first-order valence-electron chi connectivity index (χ1n) is 6.85. The Morgan fingerprint density at radius 1 is 1.12 bits per heavy atom. The Kier molecular flexibility index (Phi) is 3.32. The summed E-state index contributed by atoms with van der Waals surface area (Å²) in [6, 6.07) is -0.783. The second-order valence-corrected chi connectivity index (χ2v) is 5.83. The van der Waals surface area contributed by atoms with E-state index in [1.807, 2.05) is 0 Å². The summed E-state index contributed by atoms with van der Waals surface area (Å²) in [6.07, 6.45) is -8.00. The number of imidazole rings is 2. The molecule has 3 heterocycles. The Bertz CT molecular complexity index is 785. The van der Waals surface area contributed by atoms with Crippen LogP contribution in [0.25, 0.3) is 11.5 Å². The molecule has 11 heteroatoms. The summed E-state index contributed by atoms with van der Waals surface area (Å²) in [5.74, 6) is -0.822. The number of aliphatic hydroxyl groups is 1. The predicted octanol–water partition coefficient (Wildman–Crippen LogP) is 3.11. The van der Waals surface area contributed by atoms with Crippen LogP contribution in [-0.4, -0.2) is 30.4 Å². The summed E-state index contributed by atoms with van der Waals surface area (Å²) in [4.78, 5) is 7.29. The highest BCUT2D eigenvalue weighted by Gasteiger charge is 2.55. The van der Waals surface area contributed by atoms with Crippen molar-refractivity contribution in [2.45, 2.75) is 44.4 Å². The van der Waals surface area contributed by atoms with Gasteiger partial charge in [-0.05, 0) is 13.8 Å². The van der Waals surface area contributed by atoms with E-state index in [4.69, 9.17) is 0 Å². The zero-order valence-electron chi connectivity index (χ0n) is 12.4. The van der Waals surface area contributed by atoms with Crippen molar-refractivity contribution in [3.63, 3.8) is 0 Å². The van der Waals surface area contributed by atoms with E-state index in [-0.39, 0.29) is 18.1 Å². The monoisotopic (exact) mass is 354 g/mol. The van der Waals surface area contributed by atoms with Gasteiger partial charge in [0.05, 0.1) is 18.4 Å². The molecule has 1 aliphatic heterocycles. The van der Waals surface area contributed by atoms with Gasteiger partial charge in [-0.3, -0.25) is 0 Å². The SMILES string of the molecule is C[C@H]1Cn2c(C(F)(F)F)cnc2-c2cnc([C@@](C)(O)C(F)(F)F)n21. The van der Waals surface area contributed by atoms with E-state index in [1.54, 1.807) is 0 Å². The van der Waals surface area contributed by atoms with Crippen LogP contribution in [0, 0.1) is 0 Å². The third-order valence-corrected chi connectivity index (χ3v) is 4.05. The minimum atomic E-state index is -4.99. The minimum Gasteiger partial charge on any atom is -0.374 e. The molecule has 3 rings (SSSR count).